The Labute approximate surface area is 166 Å². The van der Waals surface area contributed by atoms with E-state index in [2.05, 4.69) is 10.3 Å². The zero-order valence-corrected chi connectivity index (χ0v) is 16.2. The van der Waals surface area contributed by atoms with E-state index < -0.39 is 0 Å². The number of nitrogens with zero attached hydrogens (tertiary/aromatic N) is 1. The highest BCUT2D eigenvalue weighted by atomic mass is 32.1. The third-order valence-corrected chi connectivity index (χ3v) is 5.25. The number of aromatic nitrogens is 1. The minimum Gasteiger partial charge on any atom is -0.493 e. The van der Waals surface area contributed by atoms with E-state index >= 15 is 0 Å². The van der Waals surface area contributed by atoms with Crippen molar-refractivity contribution in [3.05, 3.63) is 71.7 Å². The summed E-state index contributed by atoms with van der Waals surface area (Å²) in [7, 11) is 3.17. The number of para-hydroxylation sites is 1. The molecule has 28 heavy (non-hydrogen) atoms. The second-order valence-corrected chi connectivity index (χ2v) is 6.95. The smallest absolute Gasteiger partial charge is 0.275 e. The summed E-state index contributed by atoms with van der Waals surface area (Å²) in [6.45, 7) is 0. The first kappa shape index (κ1) is 18.0. The van der Waals surface area contributed by atoms with Gasteiger partial charge >= 0.3 is 0 Å². The van der Waals surface area contributed by atoms with Crippen LogP contribution in [0, 0.1) is 0 Å². The van der Waals surface area contributed by atoms with Crippen LogP contribution < -0.4 is 14.8 Å². The fourth-order valence-corrected chi connectivity index (χ4v) is 3.84. The Morgan fingerprint density at radius 1 is 0.964 bits per heavy atom. The lowest BCUT2D eigenvalue weighted by Crippen LogP contribution is -2.12. The Bertz CT molecular complexity index is 1150. The van der Waals surface area contributed by atoms with Crippen molar-refractivity contribution in [2.75, 3.05) is 19.5 Å². The van der Waals surface area contributed by atoms with Gasteiger partial charge in [0.1, 0.15) is 10.7 Å². The quantitative estimate of drug-likeness (QED) is 0.507. The molecule has 1 aromatic heterocycles. The van der Waals surface area contributed by atoms with Crippen molar-refractivity contribution in [2.24, 2.45) is 0 Å². The number of anilines is 1. The van der Waals surface area contributed by atoms with Gasteiger partial charge in [-0.05, 0) is 35.0 Å². The predicted octanol–water partition coefficient (Wildman–Crippen LogP) is 5.23. The van der Waals surface area contributed by atoms with Gasteiger partial charge < -0.3 is 14.8 Å². The molecule has 0 aliphatic rings. The van der Waals surface area contributed by atoms with Gasteiger partial charge in [-0.15, -0.1) is 11.3 Å². The molecule has 0 aliphatic carbocycles. The second-order valence-electron chi connectivity index (χ2n) is 6.10. The number of methoxy groups -OCH3 is 2. The molecule has 0 fully saturated rings. The summed E-state index contributed by atoms with van der Waals surface area (Å²) in [4.78, 5) is 17.1. The van der Waals surface area contributed by atoms with E-state index in [1.165, 1.54) is 11.3 Å². The Morgan fingerprint density at radius 3 is 2.57 bits per heavy atom. The molecule has 3 aromatic carbocycles. The van der Waals surface area contributed by atoms with Gasteiger partial charge in [-0.2, -0.15) is 0 Å². The maximum Gasteiger partial charge on any atom is 0.275 e. The first-order valence-corrected chi connectivity index (χ1v) is 9.54. The minimum absolute atomic E-state index is 0.250. The molecule has 4 aromatic rings. The Hall–Kier alpha value is -3.38. The standard InChI is InChI=1S/C22H18N2O3S/c1-26-19-9-5-8-17(20(19)27-2)22-24-18(13-28-22)21(25)23-16-11-10-14-6-3-4-7-15(14)12-16/h3-13H,1-2H3,(H,23,25). The monoisotopic (exact) mass is 390 g/mol. The van der Waals surface area contributed by atoms with E-state index in [0.29, 0.717) is 22.2 Å². The van der Waals surface area contributed by atoms with Gasteiger partial charge in [-0.25, -0.2) is 4.98 Å². The molecule has 0 unspecified atom stereocenters. The number of carbonyl (C=O) groups is 1. The van der Waals surface area contributed by atoms with Crippen molar-refractivity contribution in [1.82, 2.24) is 4.98 Å². The van der Waals surface area contributed by atoms with Crippen LogP contribution in [0.4, 0.5) is 5.69 Å². The summed E-state index contributed by atoms with van der Waals surface area (Å²) in [6.07, 6.45) is 0. The van der Waals surface area contributed by atoms with E-state index in [-0.39, 0.29) is 5.91 Å². The lowest BCUT2D eigenvalue weighted by atomic mass is 10.1. The number of hydrogen-bond acceptors (Lipinski definition) is 5. The van der Waals surface area contributed by atoms with Crippen LogP contribution in [0.15, 0.2) is 66.0 Å². The van der Waals surface area contributed by atoms with Gasteiger partial charge in [-0.3, -0.25) is 4.79 Å². The number of nitrogens with one attached hydrogen (secondary N) is 1. The summed E-state index contributed by atoms with van der Waals surface area (Å²) in [6, 6.07) is 19.4. The topological polar surface area (TPSA) is 60.5 Å². The summed E-state index contributed by atoms with van der Waals surface area (Å²) in [5.74, 6) is 0.970. The van der Waals surface area contributed by atoms with Crippen LogP contribution in [0.2, 0.25) is 0 Å². The predicted molar refractivity (Wildman–Crippen MR) is 113 cm³/mol. The van der Waals surface area contributed by atoms with E-state index in [4.69, 9.17) is 9.47 Å². The molecule has 0 bridgehead atoms. The number of thiazole rings is 1. The number of carbonyl (C=O) groups excluding carboxylic acids is 1. The summed E-state index contributed by atoms with van der Waals surface area (Å²) in [5, 5.41) is 7.55. The van der Waals surface area contributed by atoms with Crippen molar-refractivity contribution in [3.8, 4) is 22.1 Å². The van der Waals surface area contributed by atoms with Gasteiger partial charge in [-0.1, -0.05) is 36.4 Å². The molecule has 1 N–H and O–H groups in total. The molecule has 0 saturated heterocycles. The number of rotatable bonds is 5. The Balaban J connectivity index is 1.59. The van der Waals surface area contributed by atoms with E-state index in [9.17, 15) is 4.79 Å². The minimum atomic E-state index is -0.250. The second kappa shape index (κ2) is 7.70. The third kappa shape index (κ3) is 3.42. The van der Waals surface area contributed by atoms with Crippen LogP contribution in [0.1, 0.15) is 10.5 Å². The number of benzene rings is 3. The highest BCUT2D eigenvalue weighted by Crippen LogP contribution is 2.39. The summed E-state index contributed by atoms with van der Waals surface area (Å²) < 4.78 is 10.8. The number of fused-ring (bicyclic) bond motifs is 1. The summed E-state index contributed by atoms with van der Waals surface area (Å²) in [5.41, 5.74) is 1.88. The van der Waals surface area contributed by atoms with Gasteiger partial charge in [0.25, 0.3) is 5.91 Å². The fourth-order valence-electron chi connectivity index (χ4n) is 3.02. The molecule has 5 nitrogen and oxygen atoms in total. The van der Waals surface area contributed by atoms with Gasteiger partial charge in [0.05, 0.1) is 19.8 Å². The molecule has 140 valence electrons. The normalized spacial score (nSPS) is 10.6. The molecule has 4 rings (SSSR count). The molecule has 0 atom stereocenters. The van der Waals surface area contributed by atoms with Crippen LogP contribution in [-0.2, 0) is 0 Å². The van der Waals surface area contributed by atoms with Crippen molar-refractivity contribution >= 4 is 33.7 Å². The fraction of sp³-hybridized carbons (Fsp3) is 0.0909. The average Bonchev–Trinajstić information content (AvgIpc) is 3.23. The van der Waals surface area contributed by atoms with Crippen LogP contribution in [0.3, 0.4) is 0 Å². The molecule has 6 heteroatoms. The van der Waals surface area contributed by atoms with Crippen LogP contribution in [0.5, 0.6) is 11.5 Å². The van der Waals surface area contributed by atoms with Crippen LogP contribution in [-0.4, -0.2) is 25.1 Å². The molecule has 0 spiro atoms. The molecule has 0 aliphatic heterocycles. The van der Waals surface area contributed by atoms with Crippen LogP contribution >= 0.6 is 11.3 Å². The molecule has 0 saturated carbocycles. The van der Waals surface area contributed by atoms with Gasteiger partial charge in [0.2, 0.25) is 0 Å². The lowest BCUT2D eigenvalue weighted by molar-refractivity contribution is 0.102. The van der Waals surface area contributed by atoms with Crippen LogP contribution in [0.25, 0.3) is 21.3 Å². The van der Waals surface area contributed by atoms with E-state index in [0.717, 1.165) is 22.0 Å². The molecule has 1 heterocycles. The largest absolute Gasteiger partial charge is 0.493 e. The average molecular weight is 390 g/mol. The van der Waals surface area contributed by atoms with E-state index in [1.54, 1.807) is 19.6 Å². The van der Waals surface area contributed by atoms with Crippen molar-refractivity contribution in [2.45, 2.75) is 0 Å². The van der Waals surface area contributed by atoms with Crippen molar-refractivity contribution in [1.29, 1.82) is 0 Å². The van der Waals surface area contributed by atoms with Gasteiger partial charge in [0, 0.05) is 11.1 Å². The highest BCUT2D eigenvalue weighted by molar-refractivity contribution is 7.13. The zero-order chi connectivity index (χ0) is 19.5. The molecular formula is C22H18N2O3S. The SMILES string of the molecule is COc1cccc(-c2nc(C(=O)Nc3ccc4ccccc4c3)cs2)c1OC. The maximum absolute atomic E-state index is 12.6. The van der Waals surface area contributed by atoms with Crippen molar-refractivity contribution in [3.63, 3.8) is 0 Å². The van der Waals surface area contributed by atoms with Gasteiger partial charge in [0.15, 0.2) is 11.5 Å². The third-order valence-electron chi connectivity index (χ3n) is 4.38. The Kier molecular flexibility index (Phi) is 4.95. The number of hydrogen-bond donors (Lipinski definition) is 1. The molecule has 0 radical (unpaired) electrons. The highest BCUT2D eigenvalue weighted by Gasteiger charge is 2.17. The van der Waals surface area contributed by atoms with Crippen molar-refractivity contribution < 1.29 is 14.3 Å². The summed E-state index contributed by atoms with van der Waals surface area (Å²) >= 11 is 1.39. The number of amides is 1. The molecule has 1 amide bonds. The first-order valence-electron chi connectivity index (χ1n) is 8.66. The first-order chi connectivity index (χ1) is 13.7. The van der Waals surface area contributed by atoms with E-state index in [1.807, 2.05) is 60.7 Å². The maximum atomic E-state index is 12.6. The zero-order valence-electron chi connectivity index (χ0n) is 15.4. The number of ether oxygens (including phenoxy) is 2. The molecular weight excluding hydrogens is 372 g/mol. The lowest BCUT2D eigenvalue weighted by Gasteiger charge is -2.10. The Morgan fingerprint density at radius 2 is 1.79 bits per heavy atom.